The molecular formula is C29H28ClN5O4. The second-order valence-corrected chi connectivity index (χ2v) is 10.9. The van der Waals surface area contributed by atoms with Crippen LogP contribution in [0.3, 0.4) is 0 Å². The lowest BCUT2D eigenvalue weighted by Crippen LogP contribution is -2.28. The highest BCUT2D eigenvalue weighted by Gasteiger charge is 2.29. The number of hydrogen-bond donors (Lipinski definition) is 2. The molecule has 0 saturated heterocycles. The van der Waals surface area contributed by atoms with Crippen molar-refractivity contribution >= 4 is 40.7 Å². The van der Waals surface area contributed by atoms with E-state index in [9.17, 15) is 14.4 Å². The van der Waals surface area contributed by atoms with Crippen LogP contribution in [0.4, 0.5) is 5.69 Å². The van der Waals surface area contributed by atoms with Crippen LogP contribution in [0.1, 0.15) is 81.0 Å². The number of halogens is 1. The number of ether oxygens (including phenoxy) is 1. The summed E-state index contributed by atoms with van der Waals surface area (Å²) in [5.41, 5.74) is 4.22. The van der Waals surface area contributed by atoms with Crippen LogP contribution in [0.5, 0.6) is 0 Å². The molecule has 0 saturated carbocycles. The Morgan fingerprint density at radius 2 is 1.82 bits per heavy atom. The number of esters is 1. The first-order valence-electron chi connectivity index (χ1n) is 12.6. The Morgan fingerprint density at radius 1 is 1.05 bits per heavy atom. The van der Waals surface area contributed by atoms with Crippen molar-refractivity contribution in [3.8, 4) is 0 Å². The van der Waals surface area contributed by atoms with Gasteiger partial charge >= 0.3 is 5.97 Å². The third-order valence-corrected chi connectivity index (χ3v) is 6.93. The van der Waals surface area contributed by atoms with Crippen LogP contribution in [-0.2, 0) is 11.2 Å². The summed E-state index contributed by atoms with van der Waals surface area (Å²) in [6, 6.07) is 10.4. The lowest BCUT2D eigenvalue weighted by molar-refractivity contribution is 0.00683. The quantitative estimate of drug-likeness (QED) is 0.328. The summed E-state index contributed by atoms with van der Waals surface area (Å²) in [5, 5.41) is 10.5. The smallest absolute Gasteiger partial charge is 0.338 e. The Hall–Kier alpha value is -4.24. The van der Waals surface area contributed by atoms with Crippen molar-refractivity contribution in [1.82, 2.24) is 19.9 Å². The van der Waals surface area contributed by atoms with E-state index >= 15 is 0 Å². The third-order valence-electron chi connectivity index (χ3n) is 6.60. The van der Waals surface area contributed by atoms with Gasteiger partial charge in [0, 0.05) is 12.4 Å². The fourth-order valence-electron chi connectivity index (χ4n) is 4.73. The molecule has 2 aromatic heterocycles. The number of nitrogens with zero attached hydrogens (tertiary/aromatic N) is 3. The summed E-state index contributed by atoms with van der Waals surface area (Å²) in [4.78, 5) is 42.9. The number of aromatic nitrogens is 3. The molecule has 1 unspecified atom stereocenters. The summed E-state index contributed by atoms with van der Waals surface area (Å²) in [6.07, 6.45) is 5.81. The van der Waals surface area contributed by atoms with E-state index in [1.54, 1.807) is 30.3 Å². The molecule has 2 amide bonds. The molecule has 0 fully saturated rings. The SMILES string of the molecule is Cc1c(C(=O)OC(C)(C)C)ccc2c1CCC2NC(=O)c1cnc2c(C(=O)Nc3ccccc3Cl)cnn2c1. The fraction of sp³-hybridized carbons (Fsp3) is 0.276. The molecule has 1 aliphatic carbocycles. The monoisotopic (exact) mass is 545 g/mol. The Balaban J connectivity index is 1.31. The number of carbonyl (C=O) groups excluding carboxylic acids is 3. The Kier molecular flexibility index (Phi) is 6.86. The Bertz CT molecular complexity index is 1620. The summed E-state index contributed by atoms with van der Waals surface area (Å²) in [6.45, 7) is 7.43. The normalized spacial score (nSPS) is 14.6. The summed E-state index contributed by atoms with van der Waals surface area (Å²) in [7, 11) is 0. The molecule has 39 heavy (non-hydrogen) atoms. The number of nitrogens with one attached hydrogen (secondary N) is 2. The first-order chi connectivity index (χ1) is 18.5. The van der Waals surface area contributed by atoms with Crippen LogP contribution in [0.15, 0.2) is 55.0 Å². The highest BCUT2D eigenvalue weighted by Crippen LogP contribution is 2.35. The van der Waals surface area contributed by atoms with Crippen molar-refractivity contribution in [1.29, 1.82) is 0 Å². The summed E-state index contributed by atoms with van der Waals surface area (Å²) in [5.74, 6) is -1.08. The van der Waals surface area contributed by atoms with Gasteiger partial charge in [-0.25, -0.2) is 14.3 Å². The first kappa shape index (κ1) is 26.4. The van der Waals surface area contributed by atoms with Gasteiger partial charge in [0.2, 0.25) is 0 Å². The lowest BCUT2D eigenvalue weighted by Gasteiger charge is -2.21. The average Bonchev–Trinajstić information content (AvgIpc) is 3.49. The molecule has 4 aromatic rings. The molecule has 0 bridgehead atoms. The minimum atomic E-state index is -0.580. The third kappa shape index (κ3) is 5.35. The summed E-state index contributed by atoms with van der Waals surface area (Å²) < 4.78 is 6.94. The van der Waals surface area contributed by atoms with E-state index in [0.717, 1.165) is 23.1 Å². The maximum Gasteiger partial charge on any atom is 0.338 e. The van der Waals surface area contributed by atoms with Gasteiger partial charge in [0.25, 0.3) is 11.8 Å². The molecule has 10 heteroatoms. The van der Waals surface area contributed by atoms with Gasteiger partial charge < -0.3 is 15.4 Å². The van der Waals surface area contributed by atoms with Crippen molar-refractivity contribution in [2.45, 2.75) is 52.2 Å². The second kappa shape index (κ2) is 10.1. The van der Waals surface area contributed by atoms with Crippen molar-refractivity contribution in [2.75, 3.05) is 5.32 Å². The fourth-order valence-corrected chi connectivity index (χ4v) is 4.91. The molecule has 0 radical (unpaired) electrons. The summed E-state index contributed by atoms with van der Waals surface area (Å²) >= 11 is 6.14. The number of anilines is 1. The minimum Gasteiger partial charge on any atom is -0.456 e. The lowest BCUT2D eigenvalue weighted by atomic mass is 9.97. The highest BCUT2D eigenvalue weighted by molar-refractivity contribution is 6.34. The van der Waals surface area contributed by atoms with Crippen molar-refractivity contribution in [3.63, 3.8) is 0 Å². The van der Waals surface area contributed by atoms with Gasteiger partial charge in [-0.15, -0.1) is 0 Å². The molecule has 0 spiro atoms. The maximum absolute atomic E-state index is 13.1. The van der Waals surface area contributed by atoms with E-state index in [1.165, 1.54) is 23.1 Å². The Morgan fingerprint density at radius 3 is 2.56 bits per heavy atom. The topological polar surface area (TPSA) is 115 Å². The molecule has 2 heterocycles. The van der Waals surface area contributed by atoms with Gasteiger partial charge in [-0.1, -0.05) is 29.8 Å². The number of carbonyl (C=O) groups is 3. The van der Waals surface area contributed by atoms with Gasteiger partial charge in [0.05, 0.1) is 34.1 Å². The number of rotatable bonds is 5. The molecule has 0 aliphatic heterocycles. The number of benzene rings is 2. The van der Waals surface area contributed by atoms with Crippen LogP contribution >= 0.6 is 11.6 Å². The van der Waals surface area contributed by atoms with Crippen LogP contribution in [-0.4, -0.2) is 38.0 Å². The number of amides is 2. The van der Waals surface area contributed by atoms with Crippen LogP contribution in [0, 0.1) is 6.92 Å². The first-order valence-corrected chi connectivity index (χ1v) is 13.0. The van der Waals surface area contributed by atoms with Crippen LogP contribution in [0.2, 0.25) is 5.02 Å². The average molecular weight is 546 g/mol. The highest BCUT2D eigenvalue weighted by atomic mass is 35.5. The molecule has 1 aliphatic rings. The number of hydrogen-bond acceptors (Lipinski definition) is 6. The number of fused-ring (bicyclic) bond motifs is 2. The molecule has 2 N–H and O–H groups in total. The largest absolute Gasteiger partial charge is 0.456 e. The van der Waals surface area contributed by atoms with Crippen molar-refractivity contribution in [2.24, 2.45) is 0 Å². The predicted octanol–water partition coefficient (Wildman–Crippen LogP) is 5.32. The van der Waals surface area contributed by atoms with E-state index in [0.29, 0.717) is 33.9 Å². The number of para-hydroxylation sites is 1. The minimum absolute atomic E-state index is 0.204. The Labute approximate surface area is 230 Å². The van der Waals surface area contributed by atoms with Crippen LogP contribution in [0.25, 0.3) is 5.65 Å². The second-order valence-electron chi connectivity index (χ2n) is 10.5. The van der Waals surface area contributed by atoms with Crippen molar-refractivity contribution in [3.05, 3.63) is 93.4 Å². The molecule has 9 nitrogen and oxygen atoms in total. The maximum atomic E-state index is 13.1. The van der Waals surface area contributed by atoms with E-state index in [2.05, 4.69) is 20.7 Å². The van der Waals surface area contributed by atoms with E-state index in [1.807, 2.05) is 33.8 Å². The zero-order valence-electron chi connectivity index (χ0n) is 22.0. The van der Waals surface area contributed by atoms with E-state index in [-0.39, 0.29) is 23.5 Å². The van der Waals surface area contributed by atoms with Crippen LogP contribution < -0.4 is 10.6 Å². The molecule has 2 aromatic carbocycles. The standard InChI is InChI=1S/C29H28ClN5O4/c1-16-18-11-12-23(20(18)10-9-19(16)28(38)39-29(2,3)4)33-26(36)17-13-31-25-21(14-32-35(25)15-17)27(37)34-24-8-6-5-7-22(24)30/h5-10,13-15,23H,11-12H2,1-4H3,(H,33,36)(H,34,37). The molecule has 1 atom stereocenters. The van der Waals surface area contributed by atoms with E-state index in [4.69, 9.17) is 16.3 Å². The van der Waals surface area contributed by atoms with Gasteiger partial charge in [0.1, 0.15) is 11.2 Å². The van der Waals surface area contributed by atoms with Gasteiger partial charge in [0.15, 0.2) is 5.65 Å². The van der Waals surface area contributed by atoms with Gasteiger partial charge in [-0.05, 0) is 75.4 Å². The molecule has 200 valence electrons. The van der Waals surface area contributed by atoms with Crippen molar-refractivity contribution < 1.29 is 19.1 Å². The van der Waals surface area contributed by atoms with E-state index < -0.39 is 11.5 Å². The molecular weight excluding hydrogens is 518 g/mol. The van der Waals surface area contributed by atoms with Gasteiger partial charge in [-0.3, -0.25) is 9.59 Å². The van der Waals surface area contributed by atoms with Gasteiger partial charge in [-0.2, -0.15) is 5.10 Å². The predicted molar refractivity (Wildman–Crippen MR) is 147 cm³/mol. The molecule has 5 rings (SSSR count). The zero-order valence-corrected chi connectivity index (χ0v) is 22.8. The zero-order chi connectivity index (χ0) is 27.9.